The number of aliphatic carboxylic acids is 2. The molecule has 1 spiro atoms. The Bertz CT molecular complexity index is 930. The van der Waals surface area contributed by atoms with Gasteiger partial charge < -0.3 is 15.5 Å². The van der Waals surface area contributed by atoms with Crippen LogP contribution in [0.15, 0.2) is 0 Å². The summed E-state index contributed by atoms with van der Waals surface area (Å²) in [4.78, 5) is 46.7. The van der Waals surface area contributed by atoms with Gasteiger partial charge in [-0.15, -0.1) is 0 Å². The average Bonchev–Trinajstić information content (AvgIpc) is 3.85. The normalized spacial score (nSPS) is 16.0. The predicted octanol–water partition coefficient (Wildman–Crippen LogP) is 12.9. The lowest BCUT2D eigenvalue weighted by Gasteiger charge is -2.27. The summed E-state index contributed by atoms with van der Waals surface area (Å²) < 4.78 is 0.267. The van der Waals surface area contributed by atoms with E-state index in [1.165, 1.54) is 83.5 Å². The monoisotopic (exact) mass is 811 g/mol. The second-order valence-corrected chi connectivity index (χ2v) is 23.4. The van der Waals surface area contributed by atoms with E-state index in [2.05, 4.69) is 5.32 Å². The lowest BCUT2D eigenvalue weighted by Crippen LogP contribution is -2.26. The number of rotatable bonds is 35. The third kappa shape index (κ3) is 25.2. The molecule has 0 aromatic carbocycles. The Kier molecular flexibility index (Phi) is 28.3. The van der Waals surface area contributed by atoms with Crippen molar-refractivity contribution >= 4 is 88.4 Å². The van der Waals surface area contributed by atoms with Crippen LogP contribution in [-0.4, -0.2) is 47.7 Å². The number of nitrogens with one attached hydrogen (secondary N) is 1. The van der Waals surface area contributed by atoms with Crippen molar-refractivity contribution in [2.75, 3.05) is 6.54 Å². The van der Waals surface area contributed by atoms with Crippen molar-refractivity contribution in [1.29, 1.82) is 0 Å². The maximum atomic E-state index is 12.2. The van der Waals surface area contributed by atoms with Gasteiger partial charge in [0, 0.05) is 32.2 Å². The first-order valence-corrected chi connectivity index (χ1v) is 26.2. The number of carbonyl (C=O) groups is 4. The number of carboxylic acids is 2. The fraction of sp³-hybridized carbons (Fsp3) is 0.892. The van der Waals surface area contributed by atoms with Crippen LogP contribution >= 0.6 is 64.8 Å². The number of amides is 1. The smallest absolute Gasteiger partial charge is 0.308 e. The Morgan fingerprint density at radius 2 is 0.900 bits per heavy atom. The van der Waals surface area contributed by atoms with Crippen molar-refractivity contribution in [2.45, 2.75) is 194 Å². The van der Waals surface area contributed by atoms with Crippen LogP contribution in [0.4, 0.5) is 0 Å². The van der Waals surface area contributed by atoms with Crippen molar-refractivity contribution < 1.29 is 29.4 Å². The topological polar surface area (TPSA) is 121 Å². The number of carbonyl (C=O) groups excluding carboxylic acids is 2. The molecule has 0 bridgehead atoms. The molecule has 2 rings (SSSR count). The zero-order chi connectivity index (χ0) is 36.1. The second kappa shape index (κ2) is 30.5. The number of unbranched alkanes of at least 4 members (excludes halogenated alkanes) is 21. The number of hydrogen-bond donors (Lipinski definition) is 3. The molecule has 0 radical (unpaired) electrons. The standard InChI is InChI=1S/C37H65NO6S6/c39-31(25-19-15-11-9-7-5-3-1-2-4-6-8-10-12-18-22-29-34(41)42)26-20-16-13-14-17-21-28-33(40)38-30-24-23-27-32(35(43)44)36-45-47-37(48-46-36)49-50-37/h32,36H,1-30H2,(H,38,40)(H,41,42)(H,43,44)/t32-/m0/s1. The Morgan fingerprint density at radius 1 is 0.500 bits per heavy atom. The molecule has 7 nitrogen and oxygen atoms in total. The van der Waals surface area contributed by atoms with Crippen LogP contribution in [0.2, 0.25) is 0 Å². The number of Topliss-reactive ketones (excluding diaryl/α,β-unsaturated/α-hetero) is 1. The summed E-state index contributed by atoms with van der Waals surface area (Å²) in [5.74, 6) is -1.21. The van der Waals surface area contributed by atoms with Gasteiger partial charge in [-0.25, -0.2) is 0 Å². The van der Waals surface area contributed by atoms with Crippen LogP contribution in [0.1, 0.15) is 186 Å². The molecule has 13 heteroatoms. The summed E-state index contributed by atoms with van der Waals surface area (Å²) in [6.07, 6.45) is 30.6. The van der Waals surface area contributed by atoms with Gasteiger partial charge in [0.1, 0.15) is 5.78 Å². The van der Waals surface area contributed by atoms with Crippen LogP contribution in [0.25, 0.3) is 0 Å². The van der Waals surface area contributed by atoms with Crippen molar-refractivity contribution in [2.24, 2.45) is 5.92 Å². The van der Waals surface area contributed by atoms with Crippen LogP contribution in [0, 0.1) is 5.92 Å². The molecule has 2 aliphatic rings. The number of carboxylic acid groups (broad SMARTS) is 2. The molecule has 2 heterocycles. The van der Waals surface area contributed by atoms with E-state index in [1.54, 1.807) is 43.2 Å². The molecular weight excluding hydrogens is 747 g/mol. The number of ketones is 1. The molecule has 1 atom stereocenters. The van der Waals surface area contributed by atoms with Gasteiger partial charge in [-0.05, 0) is 60.1 Å². The Morgan fingerprint density at radius 3 is 1.30 bits per heavy atom. The minimum Gasteiger partial charge on any atom is -0.481 e. The first-order chi connectivity index (χ1) is 24.3. The van der Waals surface area contributed by atoms with Crippen LogP contribution in [-0.2, 0) is 19.2 Å². The van der Waals surface area contributed by atoms with Gasteiger partial charge in [0.15, 0.2) is 2.74 Å². The van der Waals surface area contributed by atoms with E-state index >= 15 is 0 Å². The lowest BCUT2D eigenvalue weighted by atomic mass is 10.0. The average molecular weight is 812 g/mol. The minimum atomic E-state index is -0.711. The van der Waals surface area contributed by atoms with Crippen LogP contribution < -0.4 is 5.32 Å². The molecule has 0 aromatic rings. The highest BCUT2D eigenvalue weighted by atomic mass is 33.2. The summed E-state index contributed by atoms with van der Waals surface area (Å²) in [5.41, 5.74) is 0. The maximum Gasteiger partial charge on any atom is 0.308 e. The third-order valence-corrected chi connectivity index (χ3v) is 23.2. The molecule has 50 heavy (non-hydrogen) atoms. The van der Waals surface area contributed by atoms with Crippen molar-refractivity contribution in [3.8, 4) is 0 Å². The SMILES string of the molecule is O=C(O)CCCCCCCCCCCCCCCCCCC(=O)CCCCCCCCC(=O)NCCCC[C@@H](C(=O)O)C1SSC2(SS1)SS2. The van der Waals surface area contributed by atoms with Crippen molar-refractivity contribution in [3.63, 3.8) is 0 Å². The highest BCUT2D eigenvalue weighted by Crippen LogP contribution is 2.84. The van der Waals surface area contributed by atoms with E-state index in [-0.39, 0.29) is 19.2 Å². The Labute approximate surface area is 327 Å². The quantitative estimate of drug-likeness (QED) is 0.0321. The van der Waals surface area contributed by atoms with Gasteiger partial charge in [0.05, 0.1) is 10.5 Å². The molecule has 1 amide bonds. The summed E-state index contributed by atoms with van der Waals surface area (Å²) in [5, 5.41) is 21.3. The molecule has 2 saturated heterocycles. The van der Waals surface area contributed by atoms with Gasteiger partial charge in [-0.2, -0.15) is 0 Å². The fourth-order valence-corrected chi connectivity index (χ4v) is 20.0. The number of hydrogen-bond acceptors (Lipinski definition) is 10. The highest BCUT2D eigenvalue weighted by Gasteiger charge is 2.53. The Balaban J connectivity index is 1.25. The minimum absolute atomic E-state index is 0.0746. The van der Waals surface area contributed by atoms with Gasteiger partial charge in [0.25, 0.3) is 0 Å². The van der Waals surface area contributed by atoms with Gasteiger partial charge in [0.2, 0.25) is 5.91 Å². The van der Waals surface area contributed by atoms with Crippen molar-refractivity contribution in [1.82, 2.24) is 5.32 Å². The van der Waals surface area contributed by atoms with Crippen LogP contribution in [0.5, 0.6) is 0 Å². The largest absolute Gasteiger partial charge is 0.481 e. The van der Waals surface area contributed by atoms with E-state index in [1.807, 2.05) is 21.6 Å². The summed E-state index contributed by atoms with van der Waals surface area (Å²) in [7, 11) is 10.7. The molecule has 0 unspecified atom stereocenters. The van der Waals surface area contributed by atoms with E-state index in [9.17, 15) is 24.3 Å². The zero-order valence-electron chi connectivity index (χ0n) is 30.3. The third-order valence-electron chi connectivity index (χ3n) is 9.32. The second-order valence-electron chi connectivity index (χ2n) is 13.9. The predicted molar refractivity (Wildman–Crippen MR) is 223 cm³/mol. The van der Waals surface area contributed by atoms with Crippen LogP contribution in [0.3, 0.4) is 0 Å². The summed E-state index contributed by atoms with van der Waals surface area (Å²) >= 11 is 0. The van der Waals surface area contributed by atoms with Gasteiger partial charge in [-0.1, -0.05) is 165 Å². The summed E-state index contributed by atoms with van der Waals surface area (Å²) in [6.45, 7) is 0.619. The fourth-order valence-electron chi connectivity index (χ4n) is 6.16. The van der Waals surface area contributed by atoms with E-state index < -0.39 is 11.9 Å². The Hall–Kier alpha value is 0.180. The van der Waals surface area contributed by atoms with Gasteiger partial charge in [-0.3, -0.25) is 19.2 Å². The molecule has 0 aromatic heterocycles. The molecular formula is C37H65NO6S6. The molecule has 0 saturated carbocycles. The molecule has 3 N–H and O–H groups in total. The zero-order valence-corrected chi connectivity index (χ0v) is 35.2. The molecule has 2 aliphatic heterocycles. The highest BCUT2D eigenvalue weighted by molar-refractivity contribution is 9.14. The molecule has 0 aliphatic carbocycles. The van der Waals surface area contributed by atoms with E-state index in [0.29, 0.717) is 31.6 Å². The van der Waals surface area contributed by atoms with Gasteiger partial charge >= 0.3 is 11.9 Å². The van der Waals surface area contributed by atoms with E-state index in [4.69, 9.17) is 5.11 Å². The van der Waals surface area contributed by atoms with Crippen molar-refractivity contribution in [3.05, 3.63) is 0 Å². The maximum absolute atomic E-state index is 12.2. The van der Waals surface area contributed by atoms with E-state index in [0.717, 1.165) is 83.5 Å². The first-order valence-electron chi connectivity index (χ1n) is 19.6. The lowest BCUT2D eigenvalue weighted by molar-refractivity contribution is -0.141. The molecule has 290 valence electrons. The first kappa shape index (κ1) is 46.3. The molecule has 2 fully saturated rings. The summed E-state index contributed by atoms with van der Waals surface area (Å²) in [6, 6.07) is 0.